The first kappa shape index (κ1) is 12.6. The number of hydrogen-bond donors (Lipinski definition) is 1. The predicted molar refractivity (Wildman–Crippen MR) is 88.8 cm³/mol. The predicted octanol–water partition coefficient (Wildman–Crippen LogP) is 4.89. The van der Waals surface area contributed by atoms with Gasteiger partial charge in [-0.1, -0.05) is 35.9 Å². The molecule has 0 atom stereocenters. The minimum atomic E-state index is 0.608. The molecule has 2 aromatic carbocycles. The van der Waals surface area contributed by atoms with Crippen LogP contribution in [0, 0.1) is 4.77 Å². The van der Waals surface area contributed by atoms with E-state index in [9.17, 15) is 0 Å². The summed E-state index contributed by atoms with van der Waals surface area (Å²) in [7, 11) is 0. The van der Waals surface area contributed by atoms with Gasteiger partial charge in [-0.3, -0.25) is 9.55 Å². The summed E-state index contributed by atoms with van der Waals surface area (Å²) < 4.78 is 2.55. The molecular formula is C16H10ClN3S. The first-order chi connectivity index (χ1) is 10.3. The molecule has 0 saturated carbocycles. The van der Waals surface area contributed by atoms with E-state index in [1.54, 1.807) is 6.20 Å². The minimum Gasteiger partial charge on any atom is -0.330 e. The third kappa shape index (κ3) is 1.87. The summed E-state index contributed by atoms with van der Waals surface area (Å²) in [6.07, 6.45) is 1.78. The monoisotopic (exact) mass is 311 g/mol. The number of halogens is 1. The first-order valence-corrected chi connectivity index (χ1v) is 7.28. The Morgan fingerprint density at radius 2 is 1.86 bits per heavy atom. The number of fused-ring (bicyclic) bond motifs is 2. The van der Waals surface area contributed by atoms with Crippen molar-refractivity contribution in [3.63, 3.8) is 0 Å². The summed E-state index contributed by atoms with van der Waals surface area (Å²) in [4.78, 5) is 7.69. The molecule has 3 nitrogen and oxygen atoms in total. The largest absolute Gasteiger partial charge is 0.330 e. The number of aromatic nitrogens is 3. The van der Waals surface area contributed by atoms with Gasteiger partial charge in [0, 0.05) is 11.6 Å². The van der Waals surface area contributed by atoms with Crippen LogP contribution in [0.4, 0.5) is 0 Å². The Labute approximate surface area is 130 Å². The van der Waals surface area contributed by atoms with Gasteiger partial charge in [-0.2, -0.15) is 0 Å². The van der Waals surface area contributed by atoms with Crippen LogP contribution >= 0.6 is 23.8 Å². The topological polar surface area (TPSA) is 33.6 Å². The Balaban J connectivity index is 2.20. The molecule has 5 heteroatoms. The van der Waals surface area contributed by atoms with Crippen LogP contribution in [0.15, 0.2) is 54.7 Å². The molecule has 21 heavy (non-hydrogen) atoms. The Hall–Kier alpha value is -2.17. The normalized spacial score (nSPS) is 11.3. The zero-order chi connectivity index (χ0) is 14.4. The Kier molecular flexibility index (Phi) is 2.80. The van der Waals surface area contributed by atoms with E-state index in [2.05, 4.69) is 9.97 Å². The van der Waals surface area contributed by atoms with Gasteiger partial charge in [0.15, 0.2) is 4.77 Å². The maximum atomic E-state index is 6.37. The molecule has 0 bridgehead atoms. The maximum Gasteiger partial charge on any atom is 0.182 e. The molecular weight excluding hydrogens is 302 g/mol. The van der Waals surface area contributed by atoms with Crippen LogP contribution < -0.4 is 0 Å². The fourth-order valence-electron chi connectivity index (χ4n) is 2.61. The van der Waals surface area contributed by atoms with Gasteiger partial charge in [0.1, 0.15) is 0 Å². The Morgan fingerprint density at radius 1 is 1.05 bits per heavy atom. The molecule has 0 unspecified atom stereocenters. The first-order valence-electron chi connectivity index (χ1n) is 6.49. The highest BCUT2D eigenvalue weighted by Crippen LogP contribution is 2.29. The van der Waals surface area contributed by atoms with Crippen LogP contribution in [0.5, 0.6) is 0 Å². The van der Waals surface area contributed by atoms with E-state index in [0.717, 1.165) is 27.6 Å². The fraction of sp³-hybridized carbons (Fsp3) is 0. The van der Waals surface area contributed by atoms with Crippen LogP contribution in [-0.2, 0) is 0 Å². The number of nitrogens with zero attached hydrogens (tertiary/aromatic N) is 2. The molecule has 0 aliphatic heterocycles. The quantitative estimate of drug-likeness (QED) is 0.508. The molecule has 0 amide bonds. The van der Waals surface area contributed by atoms with Gasteiger partial charge in [-0.05, 0) is 36.5 Å². The summed E-state index contributed by atoms with van der Waals surface area (Å²) in [5.74, 6) is 0. The molecule has 2 aromatic heterocycles. The van der Waals surface area contributed by atoms with Crippen molar-refractivity contribution in [2.24, 2.45) is 0 Å². The standard InChI is InChI=1S/C16H10ClN3S/c17-11-6-2-7-12-15(11)20(16(21)19-12)13-8-1-4-10-5-3-9-18-14(10)13/h1-9H,(H,19,21). The average Bonchev–Trinajstić information content (AvgIpc) is 2.84. The van der Waals surface area contributed by atoms with Crippen molar-refractivity contribution in [3.05, 3.63) is 64.5 Å². The van der Waals surface area contributed by atoms with Crippen molar-refractivity contribution in [3.8, 4) is 5.69 Å². The molecule has 102 valence electrons. The van der Waals surface area contributed by atoms with Crippen LogP contribution in [0.25, 0.3) is 27.6 Å². The second-order valence-corrected chi connectivity index (χ2v) is 5.55. The molecule has 0 aliphatic carbocycles. The Morgan fingerprint density at radius 3 is 2.76 bits per heavy atom. The van der Waals surface area contributed by atoms with E-state index in [-0.39, 0.29) is 0 Å². The number of benzene rings is 2. The van der Waals surface area contributed by atoms with Crippen LogP contribution in [-0.4, -0.2) is 14.5 Å². The fourth-order valence-corrected chi connectivity index (χ4v) is 3.17. The lowest BCUT2D eigenvalue weighted by atomic mass is 10.2. The van der Waals surface area contributed by atoms with Gasteiger partial charge in [-0.15, -0.1) is 0 Å². The van der Waals surface area contributed by atoms with Gasteiger partial charge < -0.3 is 4.98 Å². The summed E-state index contributed by atoms with van der Waals surface area (Å²) in [6.45, 7) is 0. The Bertz CT molecular complexity index is 1030. The lowest BCUT2D eigenvalue weighted by Gasteiger charge is -2.08. The van der Waals surface area contributed by atoms with Crippen LogP contribution in [0.2, 0.25) is 5.02 Å². The highest BCUT2D eigenvalue weighted by molar-refractivity contribution is 7.71. The summed E-state index contributed by atoms with van der Waals surface area (Å²) >= 11 is 11.8. The van der Waals surface area contributed by atoms with Gasteiger partial charge in [-0.25, -0.2) is 0 Å². The second kappa shape index (κ2) is 4.69. The lowest BCUT2D eigenvalue weighted by molar-refractivity contribution is 1.07. The smallest absolute Gasteiger partial charge is 0.182 e. The molecule has 0 saturated heterocycles. The van der Waals surface area contributed by atoms with E-state index >= 15 is 0 Å². The third-order valence-electron chi connectivity index (χ3n) is 3.51. The average molecular weight is 312 g/mol. The molecule has 0 radical (unpaired) electrons. The molecule has 2 heterocycles. The molecule has 0 aliphatic rings. The van der Waals surface area contributed by atoms with Crippen molar-refractivity contribution in [2.45, 2.75) is 0 Å². The number of nitrogens with one attached hydrogen (secondary N) is 1. The molecule has 0 fully saturated rings. The van der Waals surface area contributed by atoms with Crippen molar-refractivity contribution in [2.75, 3.05) is 0 Å². The second-order valence-electron chi connectivity index (χ2n) is 4.75. The number of H-pyrrole nitrogens is 1. The number of aromatic amines is 1. The molecule has 1 N–H and O–H groups in total. The highest BCUT2D eigenvalue weighted by atomic mass is 35.5. The van der Waals surface area contributed by atoms with E-state index in [0.29, 0.717) is 9.79 Å². The van der Waals surface area contributed by atoms with E-state index in [1.807, 2.05) is 53.1 Å². The zero-order valence-electron chi connectivity index (χ0n) is 10.9. The number of pyridine rings is 1. The number of imidazole rings is 1. The van der Waals surface area contributed by atoms with Crippen molar-refractivity contribution in [1.29, 1.82) is 0 Å². The molecule has 4 aromatic rings. The number of hydrogen-bond acceptors (Lipinski definition) is 2. The van der Waals surface area contributed by atoms with Crippen LogP contribution in [0.3, 0.4) is 0 Å². The van der Waals surface area contributed by atoms with E-state index < -0.39 is 0 Å². The summed E-state index contributed by atoms with van der Waals surface area (Å²) in [6, 6.07) is 15.7. The van der Waals surface area contributed by atoms with Crippen molar-refractivity contribution >= 4 is 45.8 Å². The number of para-hydroxylation sites is 2. The molecule has 4 rings (SSSR count). The van der Waals surface area contributed by atoms with Gasteiger partial charge in [0.05, 0.1) is 27.3 Å². The summed E-state index contributed by atoms with van der Waals surface area (Å²) in [5.41, 5.74) is 3.62. The lowest BCUT2D eigenvalue weighted by Crippen LogP contribution is -1.97. The highest BCUT2D eigenvalue weighted by Gasteiger charge is 2.12. The van der Waals surface area contributed by atoms with Crippen molar-refractivity contribution in [1.82, 2.24) is 14.5 Å². The van der Waals surface area contributed by atoms with Gasteiger partial charge in [0.2, 0.25) is 0 Å². The minimum absolute atomic E-state index is 0.608. The molecule has 0 spiro atoms. The zero-order valence-corrected chi connectivity index (χ0v) is 12.4. The van der Waals surface area contributed by atoms with Gasteiger partial charge >= 0.3 is 0 Å². The van der Waals surface area contributed by atoms with Gasteiger partial charge in [0.25, 0.3) is 0 Å². The van der Waals surface area contributed by atoms with E-state index in [1.165, 1.54) is 0 Å². The van der Waals surface area contributed by atoms with Crippen molar-refractivity contribution < 1.29 is 0 Å². The third-order valence-corrected chi connectivity index (χ3v) is 4.10. The SMILES string of the molecule is S=c1[nH]c2cccc(Cl)c2n1-c1cccc2cccnc12. The number of rotatable bonds is 1. The summed E-state index contributed by atoms with van der Waals surface area (Å²) in [5, 5.41) is 1.73. The maximum absolute atomic E-state index is 6.37. The van der Waals surface area contributed by atoms with E-state index in [4.69, 9.17) is 23.8 Å². The van der Waals surface area contributed by atoms with Crippen LogP contribution in [0.1, 0.15) is 0 Å².